The molecule has 0 amide bonds. The molecule has 1 aliphatic carbocycles. The zero-order chi connectivity index (χ0) is 10.8. The third-order valence-corrected chi connectivity index (χ3v) is 3.11. The van der Waals surface area contributed by atoms with Gasteiger partial charge in [0.05, 0.1) is 0 Å². The van der Waals surface area contributed by atoms with Gasteiger partial charge in [-0.05, 0) is 42.5 Å². The quantitative estimate of drug-likeness (QED) is 0.835. The van der Waals surface area contributed by atoms with Crippen molar-refractivity contribution in [2.24, 2.45) is 5.92 Å². The first kappa shape index (κ1) is 10.9. The third kappa shape index (κ3) is 2.93. The molecule has 0 aliphatic heterocycles. The summed E-state index contributed by atoms with van der Waals surface area (Å²) in [5, 5.41) is 3.86. The lowest BCUT2D eigenvalue weighted by molar-refractivity contribution is 0.240. The molecule has 2 rings (SSSR count). The van der Waals surface area contributed by atoms with Crippen LogP contribution < -0.4 is 5.32 Å². The number of rotatable bonds is 3. The van der Waals surface area contributed by atoms with Gasteiger partial charge in [0.1, 0.15) is 5.82 Å². The van der Waals surface area contributed by atoms with E-state index in [-0.39, 0.29) is 5.82 Å². The first-order valence-corrected chi connectivity index (χ1v) is 5.69. The predicted octanol–water partition coefficient (Wildman–Crippen LogP) is 3.37. The van der Waals surface area contributed by atoms with Crippen LogP contribution in [0.2, 0.25) is 5.02 Å². The first-order valence-electron chi connectivity index (χ1n) is 5.32. The van der Waals surface area contributed by atoms with Crippen LogP contribution in [-0.2, 0) is 6.54 Å². The molecule has 82 valence electrons. The van der Waals surface area contributed by atoms with Crippen LogP contribution in [0, 0.1) is 11.7 Å². The van der Waals surface area contributed by atoms with Crippen LogP contribution in [0.25, 0.3) is 0 Å². The van der Waals surface area contributed by atoms with Crippen LogP contribution in [0.5, 0.6) is 0 Å². The maximum absolute atomic E-state index is 13.0. The number of benzene rings is 1. The van der Waals surface area contributed by atoms with E-state index in [9.17, 15) is 4.39 Å². The van der Waals surface area contributed by atoms with Crippen molar-refractivity contribution in [3.05, 3.63) is 34.6 Å². The second-order valence-corrected chi connectivity index (χ2v) is 4.87. The molecule has 0 unspecified atom stereocenters. The summed E-state index contributed by atoms with van der Waals surface area (Å²) in [7, 11) is 0. The van der Waals surface area contributed by atoms with E-state index in [4.69, 9.17) is 11.6 Å². The number of hydrogen-bond donors (Lipinski definition) is 1. The molecule has 1 N–H and O–H groups in total. The van der Waals surface area contributed by atoms with E-state index in [1.54, 1.807) is 6.07 Å². The Morgan fingerprint density at radius 1 is 1.40 bits per heavy atom. The Labute approximate surface area is 94.6 Å². The minimum absolute atomic E-state index is 0.263. The highest BCUT2D eigenvalue weighted by molar-refractivity contribution is 6.30. The van der Waals surface area contributed by atoms with Gasteiger partial charge in [-0.15, -0.1) is 0 Å². The van der Waals surface area contributed by atoms with Gasteiger partial charge in [-0.3, -0.25) is 0 Å². The van der Waals surface area contributed by atoms with Gasteiger partial charge >= 0.3 is 0 Å². The molecular weight excluding hydrogens is 213 g/mol. The normalized spacial score (nSPS) is 25.0. The van der Waals surface area contributed by atoms with Gasteiger partial charge in [0, 0.05) is 17.6 Å². The molecule has 1 saturated carbocycles. The third-order valence-electron chi connectivity index (χ3n) is 2.89. The largest absolute Gasteiger partial charge is 0.310 e. The second-order valence-electron chi connectivity index (χ2n) is 4.43. The zero-order valence-corrected chi connectivity index (χ0v) is 9.52. The average Bonchev–Trinajstić information content (AvgIpc) is 2.09. The van der Waals surface area contributed by atoms with Gasteiger partial charge in [-0.2, -0.15) is 0 Å². The van der Waals surface area contributed by atoms with Crippen molar-refractivity contribution < 1.29 is 4.39 Å². The Morgan fingerprint density at radius 3 is 2.73 bits per heavy atom. The summed E-state index contributed by atoms with van der Waals surface area (Å²) in [6.07, 6.45) is 2.45. The zero-order valence-electron chi connectivity index (χ0n) is 8.76. The van der Waals surface area contributed by atoms with E-state index in [1.165, 1.54) is 25.0 Å². The van der Waals surface area contributed by atoms with Crippen LogP contribution in [0.4, 0.5) is 4.39 Å². The molecule has 3 heteroatoms. The summed E-state index contributed by atoms with van der Waals surface area (Å²) >= 11 is 5.77. The lowest BCUT2D eigenvalue weighted by atomic mass is 9.82. The van der Waals surface area contributed by atoms with Crippen LogP contribution in [0.3, 0.4) is 0 Å². The Kier molecular flexibility index (Phi) is 3.27. The van der Waals surface area contributed by atoms with Crippen molar-refractivity contribution in [3.8, 4) is 0 Å². The molecule has 15 heavy (non-hydrogen) atoms. The van der Waals surface area contributed by atoms with Crippen molar-refractivity contribution in [1.29, 1.82) is 0 Å². The maximum Gasteiger partial charge on any atom is 0.125 e. The van der Waals surface area contributed by atoms with Gasteiger partial charge in [-0.25, -0.2) is 4.39 Å². The van der Waals surface area contributed by atoms with Gasteiger partial charge < -0.3 is 5.32 Å². The van der Waals surface area contributed by atoms with Gasteiger partial charge in [0.25, 0.3) is 0 Å². The van der Waals surface area contributed by atoms with E-state index in [2.05, 4.69) is 12.2 Å². The van der Waals surface area contributed by atoms with Crippen molar-refractivity contribution in [2.75, 3.05) is 0 Å². The van der Waals surface area contributed by atoms with Crippen LogP contribution in [0.15, 0.2) is 18.2 Å². The monoisotopic (exact) mass is 227 g/mol. The molecule has 0 atom stereocenters. The topological polar surface area (TPSA) is 12.0 Å². The fourth-order valence-electron chi connectivity index (χ4n) is 2.04. The van der Waals surface area contributed by atoms with Crippen molar-refractivity contribution >= 4 is 11.6 Å². The molecule has 0 heterocycles. The van der Waals surface area contributed by atoms with E-state index < -0.39 is 0 Å². The Bertz CT molecular complexity index is 327. The summed E-state index contributed by atoms with van der Waals surface area (Å²) in [5.74, 6) is 0.569. The fourth-order valence-corrected chi connectivity index (χ4v) is 2.29. The molecule has 0 aromatic heterocycles. The standard InChI is InChI=1S/C12H15ClFN/c1-8-2-12(3-8)15-7-9-4-10(13)6-11(14)5-9/h4-6,8,12,15H,2-3,7H2,1H3. The highest BCUT2D eigenvalue weighted by Gasteiger charge is 2.24. The van der Waals surface area contributed by atoms with Crippen LogP contribution in [0.1, 0.15) is 25.3 Å². The lowest BCUT2D eigenvalue weighted by Crippen LogP contribution is -2.39. The van der Waals surface area contributed by atoms with E-state index in [0.29, 0.717) is 17.6 Å². The van der Waals surface area contributed by atoms with Crippen LogP contribution in [-0.4, -0.2) is 6.04 Å². The minimum atomic E-state index is -0.263. The summed E-state index contributed by atoms with van der Waals surface area (Å²) in [5.41, 5.74) is 0.916. The van der Waals surface area contributed by atoms with Gasteiger partial charge in [-0.1, -0.05) is 18.5 Å². The van der Waals surface area contributed by atoms with Gasteiger partial charge in [0.15, 0.2) is 0 Å². The smallest absolute Gasteiger partial charge is 0.125 e. The van der Waals surface area contributed by atoms with Crippen molar-refractivity contribution in [1.82, 2.24) is 5.32 Å². The molecule has 1 fully saturated rings. The molecule has 0 radical (unpaired) electrons. The Morgan fingerprint density at radius 2 is 2.13 bits per heavy atom. The van der Waals surface area contributed by atoms with Crippen molar-refractivity contribution in [2.45, 2.75) is 32.4 Å². The maximum atomic E-state index is 13.0. The van der Waals surface area contributed by atoms with E-state index in [0.717, 1.165) is 11.5 Å². The minimum Gasteiger partial charge on any atom is -0.310 e. The van der Waals surface area contributed by atoms with Gasteiger partial charge in [0.2, 0.25) is 0 Å². The molecule has 0 spiro atoms. The fraction of sp³-hybridized carbons (Fsp3) is 0.500. The summed E-state index contributed by atoms with van der Waals surface area (Å²) < 4.78 is 13.0. The second kappa shape index (κ2) is 4.50. The van der Waals surface area contributed by atoms with Crippen LogP contribution >= 0.6 is 11.6 Å². The Hall–Kier alpha value is -0.600. The molecule has 1 nitrogen and oxygen atoms in total. The first-order chi connectivity index (χ1) is 7.13. The van der Waals surface area contributed by atoms with E-state index >= 15 is 0 Å². The van der Waals surface area contributed by atoms with E-state index in [1.807, 2.05) is 0 Å². The number of hydrogen-bond acceptors (Lipinski definition) is 1. The summed E-state index contributed by atoms with van der Waals surface area (Å²) in [6.45, 7) is 2.95. The number of halogens is 2. The number of nitrogens with one attached hydrogen (secondary N) is 1. The molecule has 0 saturated heterocycles. The summed E-state index contributed by atoms with van der Waals surface area (Å²) in [4.78, 5) is 0. The molecule has 1 aliphatic rings. The van der Waals surface area contributed by atoms with Crippen molar-refractivity contribution in [3.63, 3.8) is 0 Å². The molecule has 1 aromatic rings. The molecule has 1 aromatic carbocycles. The highest BCUT2D eigenvalue weighted by atomic mass is 35.5. The molecule has 0 bridgehead atoms. The summed E-state index contributed by atoms with van der Waals surface area (Å²) in [6, 6.07) is 5.26. The highest BCUT2D eigenvalue weighted by Crippen LogP contribution is 2.26. The Balaban J connectivity index is 1.88. The molecular formula is C12H15ClFN. The lowest BCUT2D eigenvalue weighted by Gasteiger charge is -2.33. The SMILES string of the molecule is CC1CC(NCc2cc(F)cc(Cl)c2)C1. The average molecular weight is 228 g/mol. The predicted molar refractivity (Wildman–Crippen MR) is 60.4 cm³/mol.